The summed E-state index contributed by atoms with van der Waals surface area (Å²) in [6, 6.07) is 16.1. The smallest absolute Gasteiger partial charge is 0.147 e. The van der Waals surface area contributed by atoms with E-state index in [0.717, 1.165) is 6.42 Å². The Morgan fingerprint density at radius 2 is 1.61 bits per heavy atom. The molecule has 2 aromatic carbocycles. The van der Waals surface area contributed by atoms with Crippen molar-refractivity contribution in [2.24, 2.45) is 0 Å². The summed E-state index contributed by atoms with van der Waals surface area (Å²) in [6.07, 6.45) is 3.61. The van der Waals surface area contributed by atoms with Gasteiger partial charge in [-0.1, -0.05) is 0 Å². The summed E-state index contributed by atoms with van der Waals surface area (Å²) in [5.74, 6) is 0. The molecular formula is C24H32Cl2HfO. The standard InChI is InChI=1S/C21H23.C2H4O.CH3.2ClH.Hf/c1-5-15-13-17-7-6-8-19(20(17)14-15)16-9-11-18(12-10-16)21(2,3)4;1-2-3;;;;/h6-14H,5H2,1-4H3;2H,1H3;1H3;2*1H;/q;-1;;;;+1. The molecule has 1 aliphatic heterocycles. The summed E-state index contributed by atoms with van der Waals surface area (Å²) in [5.41, 5.74) is 8.87. The summed E-state index contributed by atoms with van der Waals surface area (Å²) in [6.45, 7) is 11.4. The van der Waals surface area contributed by atoms with Gasteiger partial charge in [-0.05, 0) is 0 Å². The molecule has 0 amide bonds. The second-order valence-corrected chi connectivity index (χ2v) is 23.4. The van der Waals surface area contributed by atoms with Crippen LogP contribution in [0.25, 0.3) is 17.2 Å². The van der Waals surface area contributed by atoms with Crippen LogP contribution >= 0.6 is 24.8 Å². The van der Waals surface area contributed by atoms with Gasteiger partial charge in [-0.15, -0.1) is 24.8 Å². The molecule has 1 saturated heterocycles. The van der Waals surface area contributed by atoms with Crippen LogP contribution in [0.15, 0.2) is 48.0 Å². The van der Waals surface area contributed by atoms with Crippen LogP contribution < -0.4 is 0 Å². The second kappa shape index (κ2) is 8.38. The Labute approximate surface area is 187 Å². The molecule has 3 atom stereocenters. The van der Waals surface area contributed by atoms with E-state index in [9.17, 15) is 0 Å². The first-order valence-corrected chi connectivity index (χ1v) is 19.1. The third-order valence-corrected chi connectivity index (χ3v) is 21.4. The van der Waals surface area contributed by atoms with Gasteiger partial charge in [-0.25, -0.2) is 0 Å². The van der Waals surface area contributed by atoms with Gasteiger partial charge in [0.2, 0.25) is 0 Å². The maximum Gasteiger partial charge on any atom is -0.147 e. The van der Waals surface area contributed by atoms with Gasteiger partial charge in [0.05, 0.1) is 0 Å². The van der Waals surface area contributed by atoms with Gasteiger partial charge in [0, 0.05) is 0 Å². The first-order chi connectivity index (χ1) is 12.3. The maximum absolute atomic E-state index is 6.26. The van der Waals surface area contributed by atoms with Crippen molar-refractivity contribution in [1.29, 1.82) is 0 Å². The SMILES string of the molecule is CCC1=Cc2c(-c3ccc(C(C)(C)C)cc3)cccc2[CH]1[Hf]1([CH3])[O][CH]1C.Cl.Cl. The minimum atomic E-state index is -2.60. The molecule has 4 heteroatoms. The fourth-order valence-corrected chi connectivity index (χ4v) is 21.4. The molecule has 4 rings (SSSR count). The van der Waals surface area contributed by atoms with Crippen LogP contribution in [0.2, 0.25) is 4.68 Å². The number of fused-ring (bicyclic) bond motifs is 1. The largest absolute Gasteiger partial charge is 0.147 e. The molecule has 0 radical (unpaired) electrons. The molecule has 2 aliphatic rings. The quantitative estimate of drug-likeness (QED) is 0.264. The van der Waals surface area contributed by atoms with E-state index in [2.05, 4.69) is 87.8 Å². The van der Waals surface area contributed by atoms with E-state index >= 15 is 0 Å². The van der Waals surface area contributed by atoms with Crippen molar-refractivity contribution in [1.82, 2.24) is 0 Å². The molecule has 0 saturated carbocycles. The summed E-state index contributed by atoms with van der Waals surface area (Å²) in [5, 5.41) is 0. The van der Waals surface area contributed by atoms with E-state index < -0.39 is 20.4 Å². The zero-order valence-electron chi connectivity index (χ0n) is 17.7. The predicted octanol–water partition coefficient (Wildman–Crippen LogP) is 7.84. The molecule has 1 fully saturated rings. The van der Waals surface area contributed by atoms with E-state index in [-0.39, 0.29) is 30.2 Å². The van der Waals surface area contributed by atoms with Crippen molar-refractivity contribution < 1.29 is 23.3 Å². The maximum atomic E-state index is 6.26. The van der Waals surface area contributed by atoms with Gasteiger partial charge in [0.15, 0.2) is 0 Å². The number of hydrogen-bond donors (Lipinski definition) is 0. The minimum Gasteiger partial charge on any atom is -0.147 e. The topological polar surface area (TPSA) is 12.5 Å². The molecule has 0 N–H and O–H groups in total. The van der Waals surface area contributed by atoms with Crippen LogP contribution in [-0.4, -0.2) is 3.86 Å². The van der Waals surface area contributed by atoms with Gasteiger partial charge >= 0.3 is 164 Å². The molecule has 28 heavy (non-hydrogen) atoms. The molecule has 152 valence electrons. The molecule has 0 aromatic heterocycles. The Hall–Kier alpha value is -0.410. The van der Waals surface area contributed by atoms with E-state index in [1.165, 1.54) is 27.8 Å². The summed E-state index contributed by atoms with van der Waals surface area (Å²) in [4.78, 5) is 0. The molecule has 0 bridgehead atoms. The Balaban J connectivity index is 0.00000140. The van der Waals surface area contributed by atoms with E-state index in [0.29, 0.717) is 7.53 Å². The zero-order chi connectivity index (χ0) is 18.7. The molecule has 1 heterocycles. The Morgan fingerprint density at radius 3 is 2.11 bits per heavy atom. The minimum absolute atomic E-state index is 0. The van der Waals surface area contributed by atoms with Crippen molar-refractivity contribution in [3.05, 3.63) is 64.7 Å². The Bertz CT molecular complexity index is 882. The zero-order valence-corrected chi connectivity index (χ0v) is 22.9. The average Bonchev–Trinajstić information content (AvgIpc) is 3.05. The molecule has 3 unspecified atom stereocenters. The molecule has 0 spiro atoms. The third kappa shape index (κ3) is 3.95. The van der Waals surface area contributed by atoms with Gasteiger partial charge in [-0.3, -0.25) is 0 Å². The average molecular weight is 586 g/mol. The number of hydrogen-bond acceptors (Lipinski definition) is 1. The van der Waals surface area contributed by atoms with Gasteiger partial charge in [0.1, 0.15) is 0 Å². The number of halogens is 2. The summed E-state index contributed by atoms with van der Waals surface area (Å²) < 4.78 is 9.92. The molecule has 1 nitrogen and oxygen atoms in total. The first-order valence-electron chi connectivity index (χ1n) is 9.88. The second-order valence-electron chi connectivity index (χ2n) is 9.09. The van der Waals surface area contributed by atoms with Crippen molar-refractivity contribution in [2.45, 2.75) is 58.7 Å². The summed E-state index contributed by atoms with van der Waals surface area (Å²) >= 11 is -2.60. The Morgan fingerprint density at radius 1 is 1.00 bits per heavy atom. The van der Waals surface area contributed by atoms with Crippen molar-refractivity contribution in [3.8, 4) is 11.1 Å². The van der Waals surface area contributed by atoms with Crippen LogP contribution in [0, 0.1) is 0 Å². The third-order valence-electron chi connectivity index (χ3n) is 6.38. The fraction of sp³-hybridized carbons (Fsp3) is 0.417. The van der Waals surface area contributed by atoms with Crippen LogP contribution in [-0.2, 0) is 28.7 Å². The number of benzene rings is 2. The van der Waals surface area contributed by atoms with Crippen molar-refractivity contribution >= 4 is 30.9 Å². The first kappa shape index (κ1) is 23.9. The van der Waals surface area contributed by atoms with Gasteiger partial charge in [-0.2, -0.15) is 0 Å². The number of allylic oxidation sites excluding steroid dienone is 1. The van der Waals surface area contributed by atoms with Gasteiger partial charge < -0.3 is 0 Å². The monoisotopic (exact) mass is 586 g/mol. The van der Waals surface area contributed by atoms with Crippen LogP contribution in [0.1, 0.15) is 61.4 Å². The normalized spacial score (nSPS) is 25.3. The van der Waals surface area contributed by atoms with E-state index in [1.807, 2.05) is 0 Å². The molecular weight excluding hydrogens is 554 g/mol. The predicted molar refractivity (Wildman–Crippen MR) is 122 cm³/mol. The summed E-state index contributed by atoms with van der Waals surface area (Å²) in [7, 11) is 0. The van der Waals surface area contributed by atoms with Crippen LogP contribution in [0.3, 0.4) is 0 Å². The van der Waals surface area contributed by atoms with E-state index in [4.69, 9.17) is 2.85 Å². The Kier molecular flexibility index (Phi) is 7.14. The van der Waals surface area contributed by atoms with Crippen LogP contribution in [0.4, 0.5) is 0 Å². The molecule has 1 aliphatic carbocycles. The van der Waals surface area contributed by atoms with Crippen LogP contribution in [0.5, 0.6) is 0 Å². The van der Waals surface area contributed by atoms with Crippen molar-refractivity contribution in [3.63, 3.8) is 0 Å². The van der Waals surface area contributed by atoms with Gasteiger partial charge in [0.25, 0.3) is 0 Å². The number of rotatable bonds is 3. The van der Waals surface area contributed by atoms with Crippen molar-refractivity contribution in [2.75, 3.05) is 0 Å². The molecule has 2 aromatic rings. The fourth-order valence-electron chi connectivity index (χ4n) is 4.50. The van der Waals surface area contributed by atoms with E-state index in [1.54, 1.807) is 5.57 Å².